The van der Waals surface area contributed by atoms with Crippen LogP contribution in [-0.4, -0.2) is 4.98 Å². The van der Waals surface area contributed by atoms with Gasteiger partial charge in [-0.2, -0.15) is 0 Å². The van der Waals surface area contributed by atoms with Crippen molar-refractivity contribution in [3.8, 4) is 5.75 Å². The Morgan fingerprint density at radius 2 is 2.12 bits per heavy atom. The van der Waals surface area contributed by atoms with Gasteiger partial charge in [0.1, 0.15) is 5.15 Å². The van der Waals surface area contributed by atoms with Crippen LogP contribution in [0.3, 0.4) is 0 Å². The van der Waals surface area contributed by atoms with E-state index < -0.39 is 0 Å². The van der Waals surface area contributed by atoms with E-state index in [0.29, 0.717) is 10.9 Å². The lowest BCUT2D eigenvalue weighted by atomic mass is 10.2. The number of nitrogens with one attached hydrogen (secondary N) is 1. The van der Waals surface area contributed by atoms with Gasteiger partial charge in [0.2, 0.25) is 0 Å². The summed E-state index contributed by atoms with van der Waals surface area (Å²) < 4.78 is 0. The van der Waals surface area contributed by atoms with Crippen molar-refractivity contribution < 1.29 is 4.84 Å². The lowest BCUT2D eigenvalue weighted by molar-refractivity contribution is 0.404. The van der Waals surface area contributed by atoms with Crippen molar-refractivity contribution in [3.63, 3.8) is 0 Å². The van der Waals surface area contributed by atoms with Crippen LogP contribution in [0.15, 0.2) is 42.6 Å². The van der Waals surface area contributed by atoms with Gasteiger partial charge in [-0.25, -0.2) is 10.5 Å². The minimum absolute atomic E-state index is 0.406. The second-order valence-electron chi connectivity index (χ2n) is 3.39. The number of benzene rings is 1. The number of halogens is 1. The van der Waals surface area contributed by atoms with Crippen molar-refractivity contribution in [2.75, 3.05) is 5.48 Å². The van der Waals surface area contributed by atoms with Gasteiger partial charge in [0.05, 0.1) is 5.69 Å². The van der Waals surface area contributed by atoms with E-state index in [9.17, 15) is 0 Å². The van der Waals surface area contributed by atoms with E-state index in [1.54, 1.807) is 18.3 Å². The Balaban J connectivity index is 2.02. The van der Waals surface area contributed by atoms with E-state index >= 15 is 0 Å². The molecule has 0 saturated heterocycles. The molecule has 3 nitrogen and oxygen atoms in total. The Kier molecular flexibility index (Phi) is 3.27. The van der Waals surface area contributed by atoms with Crippen LogP contribution in [0, 0.1) is 6.92 Å². The molecule has 0 radical (unpaired) electrons. The van der Waals surface area contributed by atoms with Gasteiger partial charge in [-0.1, -0.05) is 23.7 Å². The van der Waals surface area contributed by atoms with Gasteiger partial charge in [0, 0.05) is 18.3 Å². The molecular weight excluding hydrogens is 224 g/mol. The highest BCUT2D eigenvalue weighted by Crippen LogP contribution is 2.16. The minimum atomic E-state index is 0.406. The van der Waals surface area contributed by atoms with Crippen molar-refractivity contribution in [3.05, 3.63) is 53.3 Å². The first-order valence-electron chi connectivity index (χ1n) is 4.85. The smallest absolute Gasteiger partial charge is 0.159 e. The number of rotatable bonds is 3. The second kappa shape index (κ2) is 4.86. The van der Waals surface area contributed by atoms with Crippen LogP contribution >= 0.6 is 11.6 Å². The summed E-state index contributed by atoms with van der Waals surface area (Å²) in [5.41, 5.74) is 4.91. The molecule has 1 aromatic carbocycles. The highest BCUT2D eigenvalue weighted by atomic mass is 35.5. The Hall–Kier alpha value is -1.74. The summed E-state index contributed by atoms with van der Waals surface area (Å²) in [7, 11) is 0. The molecule has 1 aromatic heterocycles. The highest BCUT2D eigenvalue weighted by Gasteiger charge is 1.96. The van der Waals surface area contributed by atoms with Gasteiger partial charge in [0.15, 0.2) is 5.75 Å². The fourth-order valence-corrected chi connectivity index (χ4v) is 1.44. The number of hydrogen-bond acceptors (Lipinski definition) is 3. The average Bonchev–Trinajstić information content (AvgIpc) is 2.27. The lowest BCUT2D eigenvalue weighted by Crippen LogP contribution is -2.04. The molecule has 1 heterocycles. The fraction of sp³-hybridized carbons (Fsp3) is 0.0833. The number of aryl methyl sites for hydroxylation is 1. The maximum absolute atomic E-state index is 5.73. The molecule has 2 rings (SSSR count). The van der Waals surface area contributed by atoms with E-state index in [-0.39, 0.29) is 0 Å². The molecule has 0 bridgehead atoms. The first kappa shape index (κ1) is 10.8. The largest absolute Gasteiger partial charge is 0.382 e. The first-order valence-corrected chi connectivity index (χ1v) is 5.23. The SMILES string of the molecule is Cc1cccc(NOc2ccnc(Cl)c2)c1. The summed E-state index contributed by atoms with van der Waals surface area (Å²) in [5.74, 6) is 0.626. The molecule has 4 heteroatoms. The third-order valence-electron chi connectivity index (χ3n) is 2.00. The lowest BCUT2D eigenvalue weighted by Gasteiger charge is -2.08. The molecule has 0 unspecified atom stereocenters. The highest BCUT2D eigenvalue weighted by molar-refractivity contribution is 6.29. The average molecular weight is 235 g/mol. The molecule has 1 N–H and O–H groups in total. The van der Waals surface area contributed by atoms with Crippen LogP contribution in [0.1, 0.15) is 5.56 Å². The van der Waals surface area contributed by atoms with Crippen molar-refractivity contribution in [1.29, 1.82) is 0 Å². The molecule has 0 aliphatic carbocycles. The normalized spacial score (nSPS) is 9.88. The number of nitrogens with zero attached hydrogens (tertiary/aromatic N) is 1. The molecule has 2 aromatic rings. The summed E-state index contributed by atoms with van der Waals surface area (Å²) in [6, 6.07) is 11.3. The molecule has 0 amide bonds. The second-order valence-corrected chi connectivity index (χ2v) is 3.78. The molecule has 0 spiro atoms. The van der Waals surface area contributed by atoms with Gasteiger partial charge in [-0.3, -0.25) is 0 Å². The van der Waals surface area contributed by atoms with Crippen LogP contribution in [-0.2, 0) is 0 Å². The van der Waals surface area contributed by atoms with Crippen LogP contribution in [0.25, 0.3) is 0 Å². The van der Waals surface area contributed by atoms with E-state index in [4.69, 9.17) is 16.4 Å². The Morgan fingerprint density at radius 3 is 2.88 bits per heavy atom. The Bertz CT molecular complexity index is 442. The van der Waals surface area contributed by atoms with Gasteiger partial charge in [-0.15, -0.1) is 0 Å². The summed E-state index contributed by atoms with van der Waals surface area (Å²) in [4.78, 5) is 9.22. The standard InChI is InChI=1S/C12H11ClN2O/c1-9-3-2-4-10(7-9)15-16-11-5-6-14-12(13)8-11/h2-8,15H,1H3. The third kappa shape index (κ3) is 2.87. The van der Waals surface area contributed by atoms with Crippen LogP contribution < -0.4 is 10.3 Å². The Morgan fingerprint density at radius 1 is 1.25 bits per heavy atom. The quantitative estimate of drug-likeness (QED) is 0.653. The molecule has 82 valence electrons. The topological polar surface area (TPSA) is 34.1 Å². The predicted octanol–water partition coefficient (Wildman–Crippen LogP) is 3.45. The van der Waals surface area contributed by atoms with Gasteiger partial charge >= 0.3 is 0 Å². The summed E-state index contributed by atoms with van der Waals surface area (Å²) in [6.45, 7) is 2.02. The summed E-state index contributed by atoms with van der Waals surface area (Å²) in [5, 5.41) is 0.406. The van der Waals surface area contributed by atoms with Crippen molar-refractivity contribution in [2.24, 2.45) is 0 Å². The third-order valence-corrected chi connectivity index (χ3v) is 2.21. The van der Waals surface area contributed by atoms with Crippen molar-refractivity contribution in [1.82, 2.24) is 4.98 Å². The summed E-state index contributed by atoms with van der Waals surface area (Å²) >= 11 is 5.73. The Labute approximate surface area is 99.0 Å². The number of hydrogen-bond donors (Lipinski definition) is 1. The maximum atomic E-state index is 5.73. The van der Waals surface area contributed by atoms with Crippen LogP contribution in [0.2, 0.25) is 5.15 Å². The number of anilines is 1. The van der Waals surface area contributed by atoms with Gasteiger partial charge < -0.3 is 4.84 Å². The molecule has 0 aliphatic heterocycles. The maximum Gasteiger partial charge on any atom is 0.159 e. The molecule has 0 saturated carbocycles. The van der Waals surface area contributed by atoms with E-state index in [0.717, 1.165) is 5.69 Å². The van der Waals surface area contributed by atoms with Gasteiger partial charge in [0.25, 0.3) is 0 Å². The minimum Gasteiger partial charge on any atom is -0.382 e. The van der Waals surface area contributed by atoms with E-state index in [1.807, 2.05) is 31.2 Å². The zero-order chi connectivity index (χ0) is 11.4. The molecule has 16 heavy (non-hydrogen) atoms. The fourth-order valence-electron chi connectivity index (χ4n) is 1.27. The molecule has 0 atom stereocenters. The monoisotopic (exact) mass is 234 g/mol. The molecule has 0 fully saturated rings. The predicted molar refractivity (Wildman–Crippen MR) is 64.7 cm³/mol. The van der Waals surface area contributed by atoms with Crippen molar-refractivity contribution in [2.45, 2.75) is 6.92 Å². The molecule has 0 aliphatic rings. The zero-order valence-corrected chi connectivity index (χ0v) is 9.53. The summed E-state index contributed by atoms with van der Waals surface area (Å²) in [6.07, 6.45) is 1.59. The van der Waals surface area contributed by atoms with Gasteiger partial charge in [-0.05, 0) is 24.6 Å². The van der Waals surface area contributed by atoms with Crippen LogP contribution in [0.5, 0.6) is 5.75 Å². The molecular formula is C12H11ClN2O. The number of aromatic nitrogens is 1. The zero-order valence-electron chi connectivity index (χ0n) is 8.77. The van der Waals surface area contributed by atoms with Crippen molar-refractivity contribution >= 4 is 17.3 Å². The number of pyridine rings is 1. The first-order chi connectivity index (χ1) is 7.74. The van der Waals surface area contributed by atoms with E-state index in [2.05, 4.69) is 10.5 Å². The van der Waals surface area contributed by atoms with Crippen LogP contribution in [0.4, 0.5) is 5.69 Å². The van der Waals surface area contributed by atoms with E-state index in [1.165, 1.54) is 5.56 Å².